The van der Waals surface area contributed by atoms with Crippen molar-refractivity contribution in [1.29, 1.82) is 0 Å². The molecule has 21 heteroatoms. The quantitative estimate of drug-likeness (QED) is 0.0390. The van der Waals surface area contributed by atoms with Crippen LogP contribution in [0, 0.1) is 5.92 Å². The summed E-state index contributed by atoms with van der Waals surface area (Å²) in [5.74, 6) is -4.83. The van der Waals surface area contributed by atoms with Crippen LogP contribution in [0.15, 0.2) is 67.3 Å². The van der Waals surface area contributed by atoms with E-state index in [0.717, 1.165) is 29.3 Å². The molecule has 0 saturated carbocycles. The van der Waals surface area contributed by atoms with Crippen molar-refractivity contribution in [2.24, 2.45) is 11.7 Å². The third-order valence-electron chi connectivity index (χ3n) is 12.8. The Kier molecular flexibility index (Phi) is 21.8. The van der Waals surface area contributed by atoms with E-state index in [1.165, 1.54) is 30.3 Å². The molecule has 0 spiro atoms. The molecule has 7 atom stereocenters. The Morgan fingerprint density at radius 2 is 1.51 bits per heavy atom. The van der Waals surface area contributed by atoms with Gasteiger partial charge in [-0.05, 0) is 87.1 Å². The monoisotopic (exact) mass is 1010 g/mol. The number of imidazole rings is 1. The molecule has 1 aliphatic rings. The summed E-state index contributed by atoms with van der Waals surface area (Å²) in [6.07, 6.45) is 7.78. The average molecular weight is 1010 g/mol. The first kappa shape index (κ1) is 56.6. The number of phenolic OH excluding ortho intramolecular Hbond substituents is 1. The van der Waals surface area contributed by atoms with Crippen molar-refractivity contribution in [1.82, 2.24) is 51.8 Å². The molecule has 0 radical (unpaired) electrons. The highest BCUT2D eigenvalue weighted by molar-refractivity contribution is 5.97. The number of aliphatic hydroxyl groups excluding tert-OH is 1. The number of primary amides is 1. The van der Waals surface area contributed by atoms with E-state index in [0.29, 0.717) is 43.4 Å². The number of aromatic amines is 2. The van der Waals surface area contributed by atoms with Crippen LogP contribution in [-0.2, 0) is 57.6 Å². The van der Waals surface area contributed by atoms with E-state index in [9.17, 15) is 48.6 Å². The molecular weight excluding hydrogens is 939 g/mol. The van der Waals surface area contributed by atoms with E-state index in [2.05, 4.69) is 46.9 Å². The minimum absolute atomic E-state index is 0.0257. The molecule has 1 fully saturated rings. The molecule has 396 valence electrons. The van der Waals surface area contributed by atoms with Gasteiger partial charge >= 0.3 is 0 Å². The highest BCUT2D eigenvalue weighted by Crippen LogP contribution is 2.21. The van der Waals surface area contributed by atoms with Gasteiger partial charge in [-0.1, -0.05) is 63.9 Å². The molecule has 73 heavy (non-hydrogen) atoms. The number of hydrogen-bond donors (Lipinski definition) is 11. The van der Waals surface area contributed by atoms with Gasteiger partial charge in [-0.15, -0.1) is 0 Å². The molecule has 1 aliphatic heterocycles. The van der Waals surface area contributed by atoms with Crippen LogP contribution in [0.2, 0.25) is 0 Å². The van der Waals surface area contributed by atoms with Crippen molar-refractivity contribution < 1.29 is 48.6 Å². The molecule has 3 heterocycles. The van der Waals surface area contributed by atoms with Crippen LogP contribution in [0.3, 0.4) is 0 Å². The summed E-state index contributed by atoms with van der Waals surface area (Å²) >= 11 is 0. The largest absolute Gasteiger partial charge is 0.508 e. The lowest BCUT2D eigenvalue weighted by Gasteiger charge is -2.29. The van der Waals surface area contributed by atoms with Crippen molar-refractivity contribution in [3.05, 3.63) is 84.1 Å². The van der Waals surface area contributed by atoms with Crippen LogP contribution in [0.1, 0.15) is 109 Å². The molecule has 8 amide bonds. The van der Waals surface area contributed by atoms with Crippen LogP contribution in [0.5, 0.6) is 5.75 Å². The smallest absolute Gasteiger partial charge is 0.245 e. The molecule has 5 rings (SSSR count). The number of hydrogen-bond acceptors (Lipinski definition) is 11. The minimum Gasteiger partial charge on any atom is -0.508 e. The van der Waals surface area contributed by atoms with Gasteiger partial charge in [0.2, 0.25) is 47.3 Å². The summed E-state index contributed by atoms with van der Waals surface area (Å²) in [4.78, 5) is 120. The number of likely N-dealkylation sites (tertiary alicyclic amines) is 1. The standard InChI is InChI=1S/C52H73N11O10/c1-5-6-14-44(65)41(24-31(2)3)61-51(72)43(26-35-28-54-30-56-35)59-47(68)29-63-23-10-9-13-40(52(63)73)60-48(69)32(4)57-50(71)42(25-34-27-55-38-12-8-7-11-37(34)38)62-49(70)39(20-21-45(53)66)58-46(67)22-17-33-15-18-36(64)19-16-33/h7-8,11-12,15-16,18-19,27-28,30-32,39-44,55,64-65H,5-6,9-10,13-14,17,20-26,29H2,1-4H3,(H2,53,66)(H,54,56)(H,57,71)(H,58,67)(H,59,68)(H,60,69)(H,61,72)(H,62,70)/t32?,39?,40?,41-,42?,43?,44?/m1/s1. The van der Waals surface area contributed by atoms with Crippen LogP contribution >= 0.6 is 0 Å². The zero-order chi connectivity index (χ0) is 53.0. The predicted octanol–water partition coefficient (Wildman–Crippen LogP) is 1.82. The van der Waals surface area contributed by atoms with E-state index < -0.39 is 96.2 Å². The van der Waals surface area contributed by atoms with E-state index in [4.69, 9.17) is 5.73 Å². The fourth-order valence-corrected chi connectivity index (χ4v) is 8.77. The molecule has 21 nitrogen and oxygen atoms in total. The highest BCUT2D eigenvalue weighted by Gasteiger charge is 2.34. The molecule has 2 aromatic heterocycles. The zero-order valence-corrected chi connectivity index (χ0v) is 42.2. The number of aromatic hydroxyl groups is 1. The number of nitrogens with one attached hydrogen (secondary N) is 8. The van der Waals surface area contributed by atoms with E-state index in [1.807, 2.05) is 45.0 Å². The Balaban J connectivity index is 1.25. The van der Waals surface area contributed by atoms with Crippen LogP contribution in [0.4, 0.5) is 0 Å². The highest BCUT2D eigenvalue weighted by atomic mass is 16.3. The number of aryl methyl sites for hydroxylation is 1. The number of fused-ring (bicyclic) bond motifs is 1. The van der Waals surface area contributed by atoms with Gasteiger partial charge in [0.1, 0.15) is 36.0 Å². The third-order valence-corrected chi connectivity index (χ3v) is 12.8. The summed E-state index contributed by atoms with van der Waals surface area (Å²) in [5.41, 5.74) is 8.22. The maximum absolute atomic E-state index is 14.2. The van der Waals surface area contributed by atoms with Gasteiger partial charge in [-0.2, -0.15) is 0 Å². The van der Waals surface area contributed by atoms with Crippen molar-refractivity contribution in [2.45, 2.75) is 154 Å². The minimum atomic E-state index is -1.30. The van der Waals surface area contributed by atoms with Crippen molar-refractivity contribution in [3.63, 3.8) is 0 Å². The van der Waals surface area contributed by atoms with Gasteiger partial charge in [0, 0.05) is 61.2 Å². The summed E-state index contributed by atoms with van der Waals surface area (Å²) in [6.45, 7) is 7.23. The first-order chi connectivity index (χ1) is 34.9. The molecule has 0 aliphatic carbocycles. The van der Waals surface area contributed by atoms with E-state index in [1.54, 1.807) is 24.5 Å². The number of amides is 8. The zero-order valence-electron chi connectivity index (χ0n) is 42.2. The van der Waals surface area contributed by atoms with Crippen molar-refractivity contribution in [2.75, 3.05) is 13.1 Å². The van der Waals surface area contributed by atoms with Crippen LogP contribution in [-0.4, -0.2) is 133 Å². The van der Waals surface area contributed by atoms with Gasteiger partial charge in [0.25, 0.3) is 0 Å². The Morgan fingerprint density at radius 1 is 0.808 bits per heavy atom. The number of carbonyl (C=O) groups is 8. The lowest BCUT2D eigenvalue weighted by molar-refractivity contribution is -0.140. The van der Waals surface area contributed by atoms with Gasteiger partial charge < -0.3 is 62.7 Å². The van der Waals surface area contributed by atoms with Crippen molar-refractivity contribution >= 4 is 58.2 Å². The Hall–Kier alpha value is -7.29. The van der Waals surface area contributed by atoms with Crippen molar-refractivity contribution in [3.8, 4) is 5.75 Å². The predicted molar refractivity (Wildman–Crippen MR) is 272 cm³/mol. The maximum atomic E-state index is 14.2. The number of phenols is 1. The number of aromatic nitrogens is 3. The summed E-state index contributed by atoms with van der Waals surface area (Å²) in [7, 11) is 0. The van der Waals surface area contributed by atoms with Gasteiger partial charge in [-0.25, -0.2) is 4.98 Å². The lowest BCUT2D eigenvalue weighted by Crippen LogP contribution is -2.58. The van der Waals surface area contributed by atoms with Gasteiger partial charge in [-0.3, -0.25) is 38.4 Å². The number of carbonyl (C=O) groups excluding carboxylic acids is 8. The number of rotatable bonds is 28. The van der Waals surface area contributed by atoms with Crippen LogP contribution < -0.4 is 37.6 Å². The topological polar surface area (TPSA) is 323 Å². The fourth-order valence-electron chi connectivity index (χ4n) is 8.77. The van der Waals surface area contributed by atoms with Gasteiger partial charge in [0.15, 0.2) is 0 Å². The number of nitrogens with zero attached hydrogens (tertiary/aromatic N) is 2. The SMILES string of the molecule is CCCCC(O)[C@@H](CC(C)C)NC(=O)C(Cc1cnc[nH]1)NC(=O)CN1CCCCC(NC(=O)C(C)NC(=O)C(Cc2c[nH]c3ccccc23)NC(=O)C(CCC(N)=O)NC(=O)CCc2ccc(O)cc2)C1=O. The summed E-state index contributed by atoms with van der Waals surface area (Å²) in [5, 5.41) is 37.9. The molecule has 1 saturated heterocycles. The Labute approximate surface area is 425 Å². The molecular formula is C52H73N11O10. The normalized spacial score (nSPS) is 16.3. The number of para-hydroxylation sites is 1. The summed E-state index contributed by atoms with van der Waals surface area (Å²) < 4.78 is 0. The van der Waals surface area contributed by atoms with E-state index >= 15 is 0 Å². The number of unbranched alkanes of at least 4 members (excludes halogenated alkanes) is 1. The second kappa shape index (κ2) is 28.1. The number of H-pyrrole nitrogens is 2. The number of benzene rings is 2. The van der Waals surface area contributed by atoms with Crippen LogP contribution in [0.25, 0.3) is 10.9 Å². The molecule has 4 aromatic rings. The number of nitrogens with two attached hydrogens (primary N) is 1. The summed E-state index contributed by atoms with van der Waals surface area (Å²) in [6, 6.07) is 7.19. The first-order valence-electron chi connectivity index (χ1n) is 25.3. The third kappa shape index (κ3) is 18.1. The fraction of sp³-hybridized carbons (Fsp3) is 0.519. The second-order valence-electron chi connectivity index (χ2n) is 19.3. The first-order valence-corrected chi connectivity index (χ1v) is 25.3. The molecule has 12 N–H and O–H groups in total. The Bertz CT molecular complexity index is 2480. The molecule has 2 aromatic carbocycles. The van der Waals surface area contributed by atoms with Gasteiger partial charge in [0.05, 0.1) is 25.0 Å². The Morgan fingerprint density at radius 3 is 2.21 bits per heavy atom. The number of aliphatic hydroxyl groups is 1. The van der Waals surface area contributed by atoms with E-state index in [-0.39, 0.29) is 56.7 Å². The second-order valence-corrected chi connectivity index (χ2v) is 19.3. The average Bonchev–Trinajstić information content (AvgIpc) is 3.99. The molecule has 6 unspecified atom stereocenters. The lowest BCUT2D eigenvalue weighted by atomic mass is 9.95. The maximum Gasteiger partial charge on any atom is 0.245 e. The molecule has 0 bridgehead atoms.